The Bertz CT molecular complexity index is 1360. The van der Waals surface area contributed by atoms with Gasteiger partial charge in [-0.05, 0) is 48.9 Å². The first-order chi connectivity index (χ1) is 15.9. The van der Waals surface area contributed by atoms with Crippen LogP contribution in [-0.2, 0) is 4.79 Å². The predicted molar refractivity (Wildman–Crippen MR) is 123 cm³/mol. The molecule has 4 aromatic rings. The number of aromatic nitrogens is 4. The van der Waals surface area contributed by atoms with E-state index in [2.05, 4.69) is 31.8 Å². The van der Waals surface area contributed by atoms with E-state index in [-0.39, 0.29) is 23.5 Å². The minimum atomic E-state index is -0.626. The summed E-state index contributed by atoms with van der Waals surface area (Å²) in [5, 5.41) is 2.70. The van der Waals surface area contributed by atoms with Crippen LogP contribution in [0.5, 0.6) is 11.8 Å². The van der Waals surface area contributed by atoms with E-state index in [1.807, 2.05) is 0 Å². The van der Waals surface area contributed by atoms with E-state index in [1.165, 1.54) is 30.7 Å². The molecule has 2 heterocycles. The molecule has 0 saturated heterocycles. The molecule has 4 rings (SSSR count). The van der Waals surface area contributed by atoms with Crippen LogP contribution in [0, 0.1) is 12.7 Å². The molecule has 0 saturated carbocycles. The van der Waals surface area contributed by atoms with Crippen LogP contribution in [-0.4, -0.2) is 25.8 Å². The van der Waals surface area contributed by atoms with E-state index in [1.54, 1.807) is 43.3 Å². The number of rotatable bonds is 6. The lowest BCUT2D eigenvalue weighted by Gasteiger charge is -2.13. The minimum absolute atomic E-state index is 0.0320. The van der Waals surface area contributed by atoms with Crippen LogP contribution in [0.15, 0.2) is 73.7 Å². The Morgan fingerprint density at radius 1 is 1.12 bits per heavy atom. The van der Waals surface area contributed by atoms with Gasteiger partial charge in [0.1, 0.15) is 12.1 Å². The van der Waals surface area contributed by atoms with Gasteiger partial charge in [-0.2, -0.15) is 0 Å². The van der Waals surface area contributed by atoms with Gasteiger partial charge in [0.25, 0.3) is 0 Å². The molecule has 0 unspecified atom stereocenters. The summed E-state index contributed by atoms with van der Waals surface area (Å²) in [6, 6.07) is 13.2. The van der Waals surface area contributed by atoms with Gasteiger partial charge in [0.15, 0.2) is 11.6 Å². The Balaban J connectivity index is 1.72. The van der Waals surface area contributed by atoms with Crippen molar-refractivity contribution in [3.8, 4) is 34.1 Å². The molecular formula is C24H19FN6O2. The van der Waals surface area contributed by atoms with Crippen LogP contribution in [0.3, 0.4) is 0 Å². The number of anilines is 2. The summed E-state index contributed by atoms with van der Waals surface area (Å²) in [6.07, 6.45) is 4.03. The fourth-order valence-electron chi connectivity index (χ4n) is 3.15. The number of hydrogen-bond donors (Lipinski definition) is 2. The third-order valence-corrected chi connectivity index (χ3v) is 4.66. The van der Waals surface area contributed by atoms with E-state index < -0.39 is 5.82 Å². The number of benzene rings is 2. The number of hydrogen-bond acceptors (Lipinski definition) is 7. The zero-order chi connectivity index (χ0) is 23.4. The van der Waals surface area contributed by atoms with Crippen LogP contribution in [0.25, 0.3) is 22.4 Å². The molecule has 0 aliphatic carbocycles. The van der Waals surface area contributed by atoms with Crippen molar-refractivity contribution in [2.45, 2.75) is 6.92 Å². The zero-order valence-corrected chi connectivity index (χ0v) is 17.6. The lowest BCUT2D eigenvalue weighted by Crippen LogP contribution is -2.07. The van der Waals surface area contributed by atoms with E-state index in [0.29, 0.717) is 33.8 Å². The lowest BCUT2D eigenvalue weighted by molar-refractivity contribution is -0.111. The third-order valence-electron chi connectivity index (χ3n) is 4.66. The standard InChI is InChI=1S/C24H19FN6O2/c1-3-20(32)31-17-6-4-5-16(11-17)22-21(23(26)29-13-28-22)15-7-8-19(18(25)12-15)33-24-27-10-9-14(2)30-24/h3-13H,1H2,2H3,(H,31,32)(H2,26,28,29). The third kappa shape index (κ3) is 4.82. The molecule has 164 valence electrons. The highest BCUT2D eigenvalue weighted by Crippen LogP contribution is 2.36. The highest BCUT2D eigenvalue weighted by atomic mass is 19.1. The summed E-state index contributed by atoms with van der Waals surface area (Å²) in [5.74, 6) is -0.824. The predicted octanol–water partition coefficient (Wildman–Crippen LogP) is 4.55. The van der Waals surface area contributed by atoms with Gasteiger partial charge in [-0.15, -0.1) is 0 Å². The molecule has 2 aromatic carbocycles. The summed E-state index contributed by atoms with van der Waals surface area (Å²) in [5.41, 5.74) is 9.44. The normalized spacial score (nSPS) is 10.5. The number of ether oxygens (including phenoxy) is 1. The monoisotopic (exact) mass is 442 g/mol. The van der Waals surface area contributed by atoms with Crippen LogP contribution in [0.2, 0.25) is 0 Å². The molecule has 0 aliphatic heterocycles. The molecule has 1 amide bonds. The summed E-state index contributed by atoms with van der Waals surface area (Å²) in [6.45, 7) is 5.23. The SMILES string of the molecule is C=CC(=O)Nc1cccc(-c2ncnc(N)c2-c2ccc(Oc3nccc(C)n3)c(F)c2)c1. The molecule has 2 aromatic heterocycles. The Morgan fingerprint density at radius 2 is 1.97 bits per heavy atom. The fraction of sp³-hybridized carbons (Fsp3) is 0.0417. The van der Waals surface area contributed by atoms with Crippen molar-refractivity contribution in [1.82, 2.24) is 19.9 Å². The Morgan fingerprint density at radius 3 is 2.73 bits per heavy atom. The maximum absolute atomic E-state index is 14.9. The second-order valence-corrected chi connectivity index (χ2v) is 6.98. The summed E-state index contributed by atoms with van der Waals surface area (Å²) >= 11 is 0. The Labute approximate surface area is 189 Å². The number of nitrogens with two attached hydrogens (primary N) is 1. The lowest BCUT2D eigenvalue weighted by atomic mass is 9.99. The van der Waals surface area contributed by atoms with Gasteiger partial charge in [0, 0.05) is 23.1 Å². The van der Waals surface area contributed by atoms with Crippen LogP contribution < -0.4 is 15.8 Å². The smallest absolute Gasteiger partial charge is 0.322 e. The van der Waals surface area contributed by atoms with Crippen LogP contribution >= 0.6 is 0 Å². The molecule has 33 heavy (non-hydrogen) atoms. The molecule has 0 bridgehead atoms. The number of halogens is 1. The minimum Gasteiger partial charge on any atom is -0.421 e. The van der Waals surface area contributed by atoms with Gasteiger partial charge in [-0.1, -0.05) is 24.8 Å². The van der Waals surface area contributed by atoms with Crippen molar-refractivity contribution in [2.75, 3.05) is 11.1 Å². The van der Waals surface area contributed by atoms with E-state index in [4.69, 9.17) is 10.5 Å². The number of aryl methyl sites for hydroxylation is 1. The van der Waals surface area contributed by atoms with Crippen molar-refractivity contribution < 1.29 is 13.9 Å². The first kappa shape index (κ1) is 21.6. The fourth-order valence-corrected chi connectivity index (χ4v) is 3.15. The second kappa shape index (κ2) is 9.23. The van der Waals surface area contributed by atoms with E-state index in [0.717, 1.165) is 0 Å². The van der Waals surface area contributed by atoms with Crippen molar-refractivity contribution in [3.05, 3.63) is 85.2 Å². The number of carbonyl (C=O) groups is 1. The van der Waals surface area contributed by atoms with Gasteiger partial charge in [0.2, 0.25) is 5.91 Å². The van der Waals surface area contributed by atoms with Crippen LogP contribution in [0.1, 0.15) is 5.69 Å². The maximum Gasteiger partial charge on any atom is 0.322 e. The van der Waals surface area contributed by atoms with E-state index in [9.17, 15) is 9.18 Å². The van der Waals surface area contributed by atoms with Crippen molar-refractivity contribution >= 4 is 17.4 Å². The zero-order valence-electron chi connectivity index (χ0n) is 17.6. The van der Waals surface area contributed by atoms with Gasteiger partial charge in [-0.3, -0.25) is 4.79 Å². The molecule has 3 N–H and O–H groups in total. The molecule has 0 fully saturated rings. The molecule has 8 nitrogen and oxygen atoms in total. The number of carbonyl (C=O) groups excluding carboxylic acids is 1. The Hall–Kier alpha value is -4.66. The van der Waals surface area contributed by atoms with Gasteiger partial charge in [-0.25, -0.2) is 24.3 Å². The second-order valence-electron chi connectivity index (χ2n) is 6.98. The number of amides is 1. The molecule has 9 heteroatoms. The molecular weight excluding hydrogens is 423 g/mol. The van der Waals surface area contributed by atoms with E-state index >= 15 is 0 Å². The number of nitrogen functional groups attached to an aromatic ring is 1. The quantitative estimate of drug-likeness (QED) is 0.421. The largest absolute Gasteiger partial charge is 0.421 e. The van der Waals surface area contributed by atoms with Crippen molar-refractivity contribution in [2.24, 2.45) is 0 Å². The maximum atomic E-state index is 14.9. The average molecular weight is 442 g/mol. The highest BCUT2D eigenvalue weighted by Gasteiger charge is 2.17. The molecule has 0 atom stereocenters. The van der Waals surface area contributed by atoms with Gasteiger partial charge in [0.05, 0.1) is 11.3 Å². The first-order valence-electron chi connectivity index (χ1n) is 9.86. The highest BCUT2D eigenvalue weighted by molar-refractivity contribution is 5.99. The Kier molecular flexibility index (Phi) is 6.03. The molecule has 0 aliphatic rings. The van der Waals surface area contributed by atoms with Gasteiger partial charge < -0.3 is 15.8 Å². The van der Waals surface area contributed by atoms with Crippen molar-refractivity contribution in [1.29, 1.82) is 0 Å². The molecule has 0 radical (unpaired) electrons. The van der Waals surface area contributed by atoms with Crippen molar-refractivity contribution in [3.63, 3.8) is 0 Å². The van der Waals surface area contributed by atoms with Crippen LogP contribution in [0.4, 0.5) is 15.9 Å². The average Bonchev–Trinajstić information content (AvgIpc) is 2.80. The number of nitrogens with one attached hydrogen (secondary N) is 1. The first-order valence-corrected chi connectivity index (χ1v) is 9.86. The summed E-state index contributed by atoms with van der Waals surface area (Å²) < 4.78 is 20.4. The topological polar surface area (TPSA) is 116 Å². The van der Waals surface area contributed by atoms with Gasteiger partial charge >= 0.3 is 6.01 Å². The number of nitrogens with zero attached hydrogens (tertiary/aromatic N) is 4. The molecule has 0 spiro atoms. The summed E-state index contributed by atoms with van der Waals surface area (Å²) in [4.78, 5) is 28.2. The summed E-state index contributed by atoms with van der Waals surface area (Å²) in [7, 11) is 0.